The SMILES string of the molecule is C=C(CC(C)(C)C)N1CCCCC1CC(C)c1nc2ccc(C#Cc3ccc(-c4cnc(C5CCCN5C(=C)CCC(C)(C)C)[nH]4)cc3)cc2[nH]1. The second-order valence-electron chi connectivity index (χ2n) is 17.6. The van der Waals surface area contributed by atoms with Crippen LogP contribution in [0.1, 0.15) is 141 Å². The van der Waals surface area contributed by atoms with Crippen molar-refractivity contribution >= 4 is 11.0 Å². The third-order valence-corrected chi connectivity index (χ3v) is 10.6. The molecule has 2 aliphatic rings. The van der Waals surface area contributed by atoms with Gasteiger partial charge in [0.15, 0.2) is 0 Å². The van der Waals surface area contributed by atoms with Gasteiger partial charge < -0.3 is 19.8 Å². The minimum Gasteiger partial charge on any atom is -0.372 e. The van der Waals surface area contributed by atoms with Crippen molar-refractivity contribution in [2.45, 2.75) is 124 Å². The number of aromatic nitrogens is 4. The molecule has 0 radical (unpaired) electrons. The van der Waals surface area contributed by atoms with Crippen LogP contribution in [-0.4, -0.2) is 48.9 Å². The van der Waals surface area contributed by atoms with E-state index in [0.29, 0.717) is 17.4 Å². The molecule has 6 nitrogen and oxygen atoms in total. The highest BCUT2D eigenvalue weighted by molar-refractivity contribution is 5.77. The normalized spacial score (nSPS) is 18.9. The Morgan fingerprint density at radius 2 is 1.59 bits per heavy atom. The lowest BCUT2D eigenvalue weighted by molar-refractivity contribution is 0.161. The van der Waals surface area contributed by atoms with Crippen LogP contribution in [0.15, 0.2) is 73.2 Å². The molecule has 51 heavy (non-hydrogen) atoms. The maximum absolute atomic E-state index is 5.00. The molecular formula is C45H60N6. The minimum atomic E-state index is 0.248. The summed E-state index contributed by atoms with van der Waals surface area (Å²) >= 11 is 0. The van der Waals surface area contributed by atoms with Crippen LogP contribution < -0.4 is 0 Å². The molecule has 0 amide bonds. The van der Waals surface area contributed by atoms with Crippen LogP contribution in [0.25, 0.3) is 22.3 Å². The molecule has 2 fully saturated rings. The molecule has 6 rings (SSSR count). The topological polar surface area (TPSA) is 63.8 Å². The Morgan fingerprint density at radius 3 is 2.33 bits per heavy atom. The van der Waals surface area contributed by atoms with Crippen molar-refractivity contribution in [3.63, 3.8) is 0 Å². The number of fused-ring (bicyclic) bond motifs is 1. The van der Waals surface area contributed by atoms with Gasteiger partial charge in [0.1, 0.15) is 11.6 Å². The standard InChI is InChI=1S/C45H60N6/c1-31(27-37-13-10-11-25-50(37)33(3)29-45(7,8)9)42-47-38-22-19-35(28-39(38)48-42)16-15-34-17-20-36(21-18-34)40-30-46-43(49-40)41-14-12-26-51(41)32(2)23-24-44(4,5)6/h17-22,28,30-31,37,41H,2-3,10-14,23-27,29H2,1,4-9H3,(H,46,49)(H,47,48). The number of benzene rings is 2. The largest absolute Gasteiger partial charge is 0.372 e. The van der Waals surface area contributed by atoms with Gasteiger partial charge in [-0.1, -0.05) is 85.6 Å². The molecule has 2 N–H and O–H groups in total. The van der Waals surface area contributed by atoms with Gasteiger partial charge in [-0.15, -0.1) is 0 Å². The predicted octanol–water partition coefficient (Wildman–Crippen LogP) is 11.1. The summed E-state index contributed by atoms with van der Waals surface area (Å²) in [7, 11) is 0. The van der Waals surface area contributed by atoms with Gasteiger partial charge in [-0.2, -0.15) is 0 Å². The van der Waals surface area contributed by atoms with Crippen molar-refractivity contribution in [3.05, 3.63) is 96.0 Å². The summed E-state index contributed by atoms with van der Waals surface area (Å²) in [5, 5.41) is 0. The Morgan fingerprint density at radius 1 is 0.863 bits per heavy atom. The molecule has 2 aliphatic heterocycles. The molecule has 0 aliphatic carbocycles. The zero-order valence-electron chi connectivity index (χ0n) is 32.3. The Labute approximate surface area is 307 Å². The molecular weight excluding hydrogens is 625 g/mol. The first-order valence-corrected chi connectivity index (χ1v) is 19.3. The van der Waals surface area contributed by atoms with Gasteiger partial charge in [0, 0.05) is 47.6 Å². The van der Waals surface area contributed by atoms with Crippen LogP contribution in [0, 0.1) is 22.7 Å². The Kier molecular flexibility index (Phi) is 10.9. The van der Waals surface area contributed by atoms with Crippen molar-refractivity contribution in [2.75, 3.05) is 13.1 Å². The smallest absolute Gasteiger partial charge is 0.129 e. The molecule has 2 saturated heterocycles. The van der Waals surface area contributed by atoms with E-state index in [-0.39, 0.29) is 11.5 Å². The van der Waals surface area contributed by atoms with Crippen molar-refractivity contribution in [1.82, 2.24) is 29.7 Å². The highest BCUT2D eigenvalue weighted by Gasteiger charge is 2.30. The Balaban J connectivity index is 1.08. The summed E-state index contributed by atoms with van der Waals surface area (Å²) < 4.78 is 0. The number of hydrogen-bond acceptors (Lipinski definition) is 4. The summed E-state index contributed by atoms with van der Waals surface area (Å²) in [4.78, 5) is 22.1. The van der Waals surface area contributed by atoms with E-state index in [1.807, 2.05) is 6.20 Å². The number of nitrogens with one attached hydrogen (secondary N) is 2. The van der Waals surface area contributed by atoms with Gasteiger partial charge >= 0.3 is 0 Å². The third kappa shape index (κ3) is 9.36. The first-order chi connectivity index (χ1) is 24.2. The van der Waals surface area contributed by atoms with Crippen molar-refractivity contribution in [2.24, 2.45) is 10.8 Å². The molecule has 0 bridgehead atoms. The molecule has 3 unspecified atom stereocenters. The van der Waals surface area contributed by atoms with E-state index >= 15 is 0 Å². The van der Waals surface area contributed by atoms with Gasteiger partial charge in [0.2, 0.25) is 0 Å². The van der Waals surface area contributed by atoms with Crippen LogP contribution in [0.5, 0.6) is 0 Å². The number of allylic oxidation sites excluding steroid dienone is 2. The van der Waals surface area contributed by atoms with Crippen LogP contribution in [0.4, 0.5) is 0 Å². The minimum absolute atomic E-state index is 0.248. The fraction of sp³-hybridized carbons (Fsp3) is 0.511. The summed E-state index contributed by atoms with van der Waals surface area (Å²) in [6, 6.07) is 15.6. The van der Waals surface area contributed by atoms with Gasteiger partial charge in [-0.3, -0.25) is 0 Å². The molecule has 270 valence electrons. The van der Waals surface area contributed by atoms with E-state index in [9.17, 15) is 0 Å². The maximum atomic E-state index is 5.00. The quantitative estimate of drug-likeness (QED) is 0.163. The average Bonchev–Trinajstić information content (AvgIpc) is 3.85. The summed E-state index contributed by atoms with van der Waals surface area (Å²) in [5.41, 5.74) is 9.25. The molecule has 3 atom stereocenters. The van der Waals surface area contributed by atoms with E-state index in [2.05, 4.69) is 136 Å². The average molecular weight is 685 g/mol. The molecule has 2 aromatic heterocycles. The highest BCUT2D eigenvalue weighted by Crippen LogP contribution is 2.37. The van der Waals surface area contributed by atoms with Gasteiger partial charge in [0.25, 0.3) is 0 Å². The lowest BCUT2D eigenvalue weighted by Gasteiger charge is -2.41. The number of piperidine rings is 1. The Bertz CT molecular complexity index is 1880. The number of H-pyrrole nitrogens is 2. The first-order valence-electron chi connectivity index (χ1n) is 19.3. The van der Waals surface area contributed by atoms with Crippen LogP contribution in [0.3, 0.4) is 0 Å². The van der Waals surface area contributed by atoms with Crippen LogP contribution >= 0.6 is 0 Å². The second-order valence-corrected chi connectivity index (χ2v) is 17.6. The van der Waals surface area contributed by atoms with Crippen molar-refractivity contribution < 1.29 is 0 Å². The third-order valence-electron chi connectivity index (χ3n) is 10.6. The number of nitrogens with zero attached hydrogens (tertiary/aromatic N) is 4. The summed E-state index contributed by atoms with van der Waals surface area (Å²) in [5.74, 6) is 9.18. The summed E-state index contributed by atoms with van der Waals surface area (Å²) in [6.07, 6.45) is 12.3. The number of rotatable bonds is 10. The van der Waals surface area contributed by atoms with E-state index in [0.717, 1.165) is 90.3 Å². The second kappa shape index (κ2) is 15.2. The van der Waals surface area contributed by atoms with Crippen LogP contribution in [-0.2, 0) is 0 Å². The fourth-order valence-electron chi connectivity index (χ4n) is 7.86. The highest BCUT2D eigenvalue weighted by atomic mass is 15.2. The van der Waals surface area contributed by atoms with Crippen molar-refractivity contribution in [1.29, 1.82) is 0 Å². The number of hydrogen-bond donors (Lipinski definition) is 2. The first kappa shape index (κ1) is 36.5. The van der Waals surface area contributed by atoms with E-state index in [4.69, 9.17) is 9.97 Å². The lowest BCUT2D eigenvalue weighted by Crippen LogP contribution is -2.40. The number of imidazole rings is 2. The van der Waals surface area contributed by atoms with Crippen molar-refractivity contribution in [3.8, 4) is 23.1 Å². The molecule has 4 heterocycles. The van der Waals surface area contributed by atoms with Gasteiger partial charge in [0.05, 0.1) is 29.0 Å². The maximum Gasteiger partial charge on any atom is 0.129 e. The predicted molar refractivity (Wildman–Crippen MR) is 213 cm³/mol. The monoisotopic (exact) mass is 684 g/mol. The fourth-order valence-corrected chi connectivity index (χ4v) is 7.86. The molecule has 4 aromatic rings. The molecule has 0 spiro atoms. The summed E-state index contributed by atoms with van der Waals surface area (Å²) in [6.45, 7) is 27.2. The van der Waals surface area contributed by atoms with Gasteiger partial charge in [-0.05, 0) is 105 Å². The lowest BCUT2D eigenvalue weighted by atomic mass is 9.87. The number of likely N-dealkylation sites (tertiary alicyclic amines) is 2. The van der Waals surface area contributed by atoms with E-state index < -0.39 is 0 Å². The van der Waals surface area contributed by atoms with Crippen LogP contribution in [0.2, 0.25) is 0 Å². The van der Waals surface area contributed by atoms with E-state index in [1.165, 1.54) is 37.1 Å². The van der Waals surface area contributed by atoms with E-state index in [1.54, 1.807) is 0 Å². The Hall–Kier alpha value is -4.24. The van der Waals surface area contributed by atoms with Gasteiger partial charge in [-0.25, -0.2) is 9.97 Å². The number of aromatic amines is 2. The zero-order valence-corrected chi connectivity index (χ0v) is 32.3. The molecule has 6 heteroatoms. The molecule has 2 aromatic carbocycles. The zero-order chi connectivity index (χ0) is 36.3. The molecule has 0 saturated carbocycles.